The minimum absolute atomic E-state index is 0.0735. The van der Waals surface area contributed by atoms with E-state index < -0.39 is 5.97 Å². The number of rotatable bonds is 23. The highest BCUT2D eigenvalue weighted by Crippen LogP contribution is 2.24. The predicted molar refractivity (Wildman–Crippen MR) is 247 cm³/mol. The Kier molecular flexibility index (Phi) is 19.0. The van der Waals surface area contributed by atoms with Gasteiger partial charge in [0, 0.05) is 33.4 Å². The van der Waals surface area contributed by atoms with Gasteiger partial charge in [-0.1, -0.05) is 158 Å². The van der Waals surface area contributed by atoms with E-state index in [1.54, 1.807) is 6.92 Å². The Labute approximate surface area is 354 Å². The minimum Gasteiger partial charge on any atom is -0.494 e. The van der Waals surface area contributed by atoms with Crippen LogP contribution < -0.4 is 9.47 Å². The number of esters is 1. The number of hydrogen-bond acceptors (Lipinski definition) is 4. The van der Waals surface area contributed by atoms with Crippen LogP contribution in [0.1, 0.15) is 151 Å². The van der Waals surface area contributed by atoms with Crippen LogP contribution in [0.5, 0.6) is 11.5 Å². The van der Waals surface area contributed by atoms with Crippen LogP contribution in [0.25, 0.3) is 21.5 Å². The van der Waals surface area contributed by atoms with Crippen molar-refractivity contribution in [1.82, 2.24) is 0 Å². The zero-order valence-electron chi connectivity index (χ0n) is 35.9. The van der Waals surface area contributed by atoms with Crippen molar-refractivity contribution in [1.29, 1.82) is 0 Å². The van der Waals surface area contributed by atoms with Crippen molar-refractivity contribution in [3.63, 3.8) is 0 Å². The Morgan fingerprint density at radius 2 is 0.898 bits per heavy atom. The zero-order valence-corrected chi connectivity index (χ0v) is 35.9. The molecule has 0 aliphatic carbocycles. The number of carbonyl (C=O) groups is 1. The Morgan fingerprint density at radius 1 is 0.492 bits per heavy atom. The minimum atomic E-state index is -0.436. The third-order valence-corrected chi connectivity index (χ3v) is 10.7. The lowest BCUT2D eigenvalue weighted by Crippen LogP contribution is -2.06. The molecule has 4 heteroatoms. The molecule has 0 fully saturated rings. The molecule has 0 saturated heterocycles. The lowest BCUT2D eigenvalue weighted by Gasteiger charge is -2.08. The van der Waals surface area contributed by atoms with E-state index in [0.717, 1.165) is 86.9 Å². The molecule has 0 heterocycles. The van der Waals surface area contributed by atoms with Crippen LogP contribution in [-0.2, 0) is 16.1 Å². The van der Waals surface area contributed by atoms with Crippen LogP contribution in [0.2, 0.25) is 0 Å². The van der Waals surface area contributed by atoms with E-state index in [0.29, 0.717) is 5.57 Å². The monoisotopic (exact) mass is 788 g/mol. The van der Waals surface area contributed by atoms with E-state index in [4.69, 9.17) is 14.2 Å². The molecule has 59 heavy (non-hydrogen) atoms. The normalized spacial score (nSPS) is 10.8. The second kappa shape index (κ2) is 25.1. The number of unbranched alkanes of at least 4 members (excludes halogenated alkanes) is 14. The quantitative estimate of drug-likeness (QED) is 0.0286. The molecular formula is C55H64O4. The highest BCUT2D eigenvalue weighted by molar-refractivity contribution is 5.87. The van der Waals surface area contributed by atoms with E-state index in [1.165, 1.54) is 89.9 Å². The van der Waals surface area contributed by atoms with Crippen LogP contribution in [0.4, 0.5) is 0 Å². The van der Waals surface area contributed by atoms with Crippen molar-refractivity contribution >= 4 is 27.5 Å². The fourth-order valence-electron chi connectivity index (χ4n) is 7.10. The van der Waals surface area contributed by atoms with Crippen molar-refractivity contribution in [3.8, 4) is 35.2 Å². The molecule has 0 saturated carbocycles. The van der Waals surface area contributed by atoms with Crippen LogP contribution in [0.15, 0.2) is 103 Å². The second-order valence-electron chi connectivity index (χ2n) is 15.8. The molecule has 0 bridgehead atoms. The lowest BCUT2D eigenvalue weighted by molar-refractivity contribution is -0.140. The van der Waals surface area contributed by atoms with Gasteiger partial charge in [0.2, 0.25) is 0 Å². The first-order valence-corrected chi connectivity index (χ1v) is 22.2. The van der Waals surface area contributed by atoms with Crippen LogP contribution >= 0.6 is 0 Å². The number of benzene rings is 5. The van der Waals surface area contributed by atoms with Crippen LogP contribution in [0.3, 0.4) is 0 Å². The van der Waals surface area contributed by atoms with E-state index >= 15 is 0 Å². The maximum Gasteiger partial charge on any atom is 0.333 e. The third kappa shape index (κ3) is 15.7. The average molecular weight is 789 g/mol. The lowest BCUT2D eigenvalue weighted by atomic mass is 10.0. The maximum absolute atomic E-state index is 12.3. The van der Waals surface area contributed by atoms with Crippen molar-refractivity contribution in [2.24, 2.45) is 0 Å². The molecule has 0 spiro atoms. The predicted octanol–water partition coefficient (Wildman–Crippen LogP) is 14.5. The summed E-state index contributed by atoms with van der Waals surface area (Å²) >= 11 is 0. The Bertz CT molecular complexity index is 2240. The standard InChI is InChI=1S/C55H64O4/c1-5-7-9-11-13-15-17-19-35-57-53-33-31-48-37-44(25-29-50(48)40-53)21-22-45-23-27-47(52(39-45)42-59-55(56)43(3)4)28-24-46-26-30-51-41-54(34-32-49(51)38-46)58-36-20-18-16-14-12-10-8-6-2/h23,25-27,29-34,37-41H,3,5-20,35-36,42H2,1-2,4H3. The van der Waals surface area contributed by atoms with Gasteiger partial charge in [0.05, 0.1) is 13.2 Å². The van der Waals surface area contributed by atoms with Gasteiger partial charge in [0.1, 0.15) is 18.1 Å². The summed E-state index contributed by atoms with van der Waals surface area (Å²) in [5, 5.41) is 4.47. The van der Waals surface area contributed by atoms with Gasteiger partial charge in [-0.3, -0.25) is 0 Å². The molecule has 0 aromatic heterocycles. The molecule has 308 valence electrons. The second-order valence-corrected chi connectivity index (χ2v) is 15.8. The molecular weight excluding hydrogens is 725 g/mol. The first-order valence-electron chi connectivity index (χ1n) is 22.2. The molecule has 0 N–H and O–H groups in total. The Morgan fingerprint density at radius 3 is 1.39 bits per heavy atom. The summed E-state index contributed by atoms with van der Waals surface area (Å²) in [6.07, 6.45) is 20.6. The van der Waals surface area contributed by atoms with Crippen molar-refractivity contribution in [3.05, 3.63) is 131 Å². The SMILES string of the molecule is C=C(C)C(=O)OCc1cc(C#Cc2ccc3cc(OCCCCCCCCCC)ccc3c2)ccc1C#Cc1ccc2cc(OCCCCCCCCCC)ccc2c1. The molecule has 0 aliphatic heterocycles. The van der Waals surface area contributed by atoms with Gasteiger partial charge in [-0.2, -0.15) is 0 Å². The molecule has 0 atom stereocenters. The third-order valence-electron chi connectivity index (χ3n) is 10.7. The fourth-order valence-corrected chi connectivity index (χ4v) is 7.10. The van der Waals surface area contributed by atoms with E-state index in [9.17, 15) is 4.79 Å². The molecule has 0 aliphatic rings. The Hall–Kier alpha value is -5.45. The van der Waals surface area contributed by atoms with Crippen LogP contribution in [0, 0.1) is 23.7 Å². The average Bonchev–Trinajstić information content (AvgIpc) is 3.25. The zero-order chi connectivity index (χ0) is 41.5. The van der Waals surface area contributed by atoms with Gasteiger partial charge in [-0.05, 0) is 108 Å². The maximum atomic E-state index is 12.3. The van der Waals surface area contributed by atoms with E-state index in [1.807, 2.05) is 42.5 Å². The molecule has 5 aromatic rings. The smallest absolute Gasteiger partial charge is 0.333 e. The largest absolute Gasteiger partial charge is 0.494 e. The van der Waals surface area contributed by atoms with E-state index in [2.05, 4.69) is 92.6 Å². The van der Waals surface area contributed by atoms with Gasteiger partial charge in [-0.15, -0.1) is 0 Å². The molecule has 5 aromatic carbocycles. The number of carbonyl (C=O) groups excluding carboxylic acids is 1. The molecule has 4 nitrogen and oxygen atoms in total. The summed E-state index contributed by atoms with van der Waals surface area (Å²) in [6, 6.07) is 30.9. The van der Waals surface area contributed by atoms with Gasteiger partial charge >= 0.3 is 5.97 Å². The van der Waals surface area contributed by atoms with Crippen molar-refractivity contribution in [2.45, 2.75) is 130 Å². The summed E-state index contributed by atoms with van der Waals surface area (Å²) in [5.41, 5.74) is 4.55. The van der Waals surface area contributed by atoms with Gasteiger partial charge < -0.3 is 14.2 Å². The number of hydrogen-bond donors (Lipinski definition) is 0. The summed E-state index contributed by atoms with van der Waals surface area (Å²) in [4.78, 5) is 12.3. The summed E-state index contributed by atoms with van der Waals surface area (Å²) in [5.74, 6) is 14.7. The molecule has 0 unspecified atom stereocenters. The van der Waals surface area contributed by atoms with Gasteiger partial charge in [-0.25, -0.2) is 4.79 Å². The summed E-state index contributed by atoms with van der Waals surface area (Å²) in [7, 11) is 0. The van der Waals surface area contributed by atoms with Crippen LogP contribution in [-0.4, -0.2) is 19.2 Å². The fraction of sp³-hybridized carbons (Fsp3) is 0.400. The first kappa shape index (κ1) is 44.6. The molecule has 0 radical (unpaired) electrons. The highest BCUT2D eigenvalue weighted by Gasteiger charge is 2.08. The number of ether oxygens (including phenoxy) is 3. The highest BCUT2D eigenvalue weighted by atomic mass is 16.5. The van der Waals surface area contributed by atoms with Gasteiger partial charge in [0.15, 0.2) is 0 Å². The summed E-state index contributed by atoms with van der Waals surface area (Å²) < 4.78 is 17.7. The van der Waals surface area contributed by atoms with E-state index in [-0.39, 0.29) is 6.61 Å². The number of fused-ring (bicyclic) bond motifs is 2. The van der Waals surface area contributed by atoms with Crippen molar-refractivity contribution in [2.75, 3.05) is 13.2 Å². The first-order chi connectivity index (χ1) is 28.9. The van der Waals surface area contributed by atoms with Gasteiger partial charge in [0.25, 0.3) is 0 Å². The topological polar surface area (TPSA) is 44.8 Å². The molecule has 0 amide bonds. The molecule has 5 rings (SSSR count). The summed E-state index contributed by atoms with van der Waals surface area (Å²) in [6.45, 7) is 11.5. The Balaban J connectivity index is 1.19. The van der Waals surface area contributed by atoms with Crippen molar-refractivity contribution < 1.29 is 19.0 Å².